The van der Waals surface area contributed by atoms with Crippen LogP contribution in [0.25, 0.3) is 11.4 Å². The third kappa shape index (κ3) is 5.50. The van der Waals surface area contributed by atoms with Crippen LogP contribution >= 0.6 is 0 Å². The number of amides is 2. The summed E-state index contributed by atoms with van der Waals surface area (Å²) in [6.45, 7) is 3.24. The number of aromatic nitrogens is 4. The number of pyridine rings is 1. The van der Waals surface area contributed by atoms with Crippen molar-refractivity contribution < 1.29 is 14.0 Å². The second-order valence-electron chi connectivity index (χ2n) is 11.2. The lowest BCUT2D eigenvalue weighted by Crippen LogP contribution is -2.36. The molecule has 5 heterocycles. The Morgan fingerprint density at radius 3 is 2.65 bits per heavy atom. The van der Waals surface area contributed by atoms with Crippen LogP contribution in [-0.2, 0) is 18.3 Å². The van der Waals surface area contributed by atoms with Crippen molar-refractivity contribution in [3.8, 4) is 11.4 Å². The average Bonchev–Trinajstić information content (AvgIpc) is 3.71. The van der Waals surface area contributed by atoms with Gasteiger partial charge in [-0.25, -0.2) is 19.3 Å². The molecule has 0 atom stereocenters. The van der Waals surface area contributed by atoms with Crippen LogP contribution in [0.3, 0.4) is 0 Å². The summed E-state index contributed by atoms with van der Waals surface area (Å²) in [6.07, 6.45) is 8.74. The average molecular weight is 547 g/mol. The van der Waals surface area contributed by atoms with E-state index in [0.717, 1.165) is 56.0 Å². The maximum Gasteiger partial charge on any atom is 0.253 e. The van der Waals surface area contributed by atoms with Crippen molar-refractivity contribution in [3.63, 3.8) is 0 Å². The second-order valence-corrected chi connectivity index (χ2v) is 11.2. The Morgan fingerprint density at radius 2 is 1.95 bits per heavy atom. The predicted octanol–water partition coefficient (Wildman–Crippen LogP) is 3.52. The third-order valence-corrected chi connectivity index (χ3v) is 8.32. The van der Waals surface area contributed by atoms with Crippen molar-refractivity contribution in [1.82, 2.24) is 29.7 Å². The number of nitrogens with zero attached hydrogens (tertiary/aromatic N) is 6. The minimum atomic E-state index is -0.563. The minimum absolute atomic E-state index is 0.124. The van der Waals surface area contributed by atoms with Gasteiger partial charge in [0.05, 0.1) is 29.3 Å². The molecule has 6 rings (SSSR count). The summed E-state index contributed by atoms with van der Waals surface area (Å²) in [7, 11) is 3.75. The lowest BCUT2D eigenvalue weighted by Gasteiger charge is -2.33. The van der Waals surface area contributed by atoms with E-state index >= 15 is 0 Å². The molecule has 40 heavy (non-hydrogen) atoms. The monoisotopic (exact) mass is 546 g/mol. The Balaban J connectivity index is 1.07. The van der Waals surface area contributed by atoms with Gasteiger partial charge in [-0.2, -0.15) is 0 Å². The molecular formula is C29H35FN8O2. The zero-order valence-corrected chi connectivity index (χ0v) is 23.0. The number of carbonyl (C=O) groups is 2. The lowest BCUT2D eigenvalue weighted by atomic mass is 9.92. The predicted molar refractivity (Wildman–Crippen MR) is 150 cm³/mol. The van der Waals surface area contributed by atoms with Crippen molar-refractivity contribution in [1.29, 1.82) is 0 Å². The molecule has 2 N–H and O–H groups in total. The highest BCUT2D eigenvalue weighted by atomic mass is 19.1. The molecule has 0 bridgehead atoms. The van der Waals surface area contributed by atoms with Crippen molar-refractivity contribution in [3.05, 3.63) is 47.7 Å². The van der Waals surface area contributed by atoms with Gasteiger partial charge in [0.2, 0.25) is 11.9 Å². The number of halogens is 1. The molecule has 210 valence electrons. The zero-order chi connectivity index (χ0) is 27.8. The molecule has 3 aromatic rings. The van der Waals surface area contributed by atoms with E-state index in [1.807, 2.05) is 41.9 Å². The van der Waals surface area contributed by atoms with Gasteiger partial charge in [0.15, 0.2) is 5.82 Å². The molecule has 2 amide bonds. The number of anilines is 3. The summed E-state index contributed by atoms with van der Waals surface area (Å²) >= 11 is 0. The molecule has 0 aromatic carbocycles. The van der Waals surface area contributed by atoms with Crippen LogP contribution in [0.5, 0.6) is 0 Å². The fourth-order valence-corrected chi connectivity index (χ4v) is 5.71. The van der Waals surface area contributed by atoms with Gasteiger partial charge in [-0.15, -0.1) is 0 Å². The molecule has 1 aliphatic carbocycles. The van der Waals surface area contributed by atoms with Crippen molar-refractivity contribution in [2.24, 2.45) is 18.9 Å². The van der Waals surface area contributed by atoms with Gasteiger partial charge in [-0.05, 0) is 55.7 Å². The van der Waals surface area contributed by atoms with Gasteiger partial charge in [-0.1, -0.05) is 0 Å². The molecule has 3 aliphatic rings. The van der Waals surface area contributed by atoms with Gasteiger partial charge in [-0.3, -0.25) is 9.59 Å². The smallest absolute Gasteiger partial charge is 0.253 e. The Kier molecular flexibility index (Phi) is 7.12. The summed E-state index contributed by atoms with van der Waals surface area (Å²) in [5.41, 5.74) is 3.08. The molecule has 0 spiro atoms. The first-order valence-corrected chi connectivity index (χ1v) is 14.1. The first kappa shape index (κ1) is 26.2. The lowest BCUT2D eigenvalue weighted by molar-refractivity contribution is -0.131. The fraction of sp³-hybridized carbons (Fsp3) is 0.483. The molecule has 1 saturated heterocycles. The molecule has 0 radical (unpaired) electrons. The van der Waals surface area contributed by atoms with E-state index in [1.165, 1.54) is 12.8 Å². The van der Waals surface area contributed by atoms with Crippen LogP contribution in [0.2, 0.25) is 0 Å². The van der Waals surface area contributed by atoms with E-state index < -0.39 is 5.82 Å². The van der Waals surface area contributed by atoms with Crippen LogP contribution in [0.1, 0.15) is 48.2 Å². The number of carbonyl (C=O) groups excluding carboxylic acids is 2. The highest BCUT2D eigenvalue weighted by molar-refractivity contribution is 5.97. The van der Waals surface area contributed by atoms with E-state index in [2.05, 4.69) is 30.5 Å². The Hall–Kier alpha value is -4.02. The number of nitrogens with one attached hydrogen (secondary N) is 2. The number of fused-ring (bicyclic) bond motifs is 1. The number of hydrogen-bond donors (Lipinski definition) is 2. The molecular weight excluding hydrogens is 511 g/mol. The summed E-state index contributed by atoms with van der Waals surface area (Å²) in [6, 6.07) is 5.53. The number of hydrogen-bond acceptors (Lipinski definition) is 7. The van der Waals surface area contributed by atoms with Crippen LogP contribution in [0.4, 0.5) is 21.8 Å². The van der Waals surface area contributed by atoms with Gasteiger partial charge < -0.3 is 25.0 Å². The maximum atomic E-state index is 14.8. The van der Waals surface area contributed by atoms with Gasteiger partial charge in [0.1, 0.15) is 11.5 Å². The molecule has 3 aromatic heterocycles. The number of rotatable bonds is 8. The minimum Gasteiger partial charge on any atom is -0.370 e. The van der Waals surface area contributed by atoms with Crippen LogP contribution < -0.4 is 15.5 Å². The summed E-state index contributed by atoms with van der Waals surface area (Å²) in [5.74, 6) is 1.46. The highest BCUT2D eigenvalue weighted by Gasteiger charge is 2.28. The van der Waals surface area contributed by atoms with Crippen molar-refractivity contribution >= 4 is 29.3 Å². The summed E-state index contributed by atoms with van der Waals surface area (Å²) in [4.78, 5) is 42.1. The SMILES string of the molecule is CN(CC1CC1)C(=O)CC1CCN(c2ccc(Nc3ncc(F)c(-c4cc5c(n4C)CCNC5=O)n3)nc2)CC1. The van der Waals surface area contributed by atoms with E-state index in [9.17, 15) is 14.0 Å². The Morgan fingerprint density at radius 1 is 1.15 bits per heavy atom. The summed E-state index contributed by atoms with van der Waals surface area (Å²) in [5, 5.41) is 5.89. The largest absolute Gasteiger partial charge is 0.370 e. The molecule has 2 fully saturated rings. The van der Waals surface area contributed by atoms with Gasteiger partial charge in [0, 0.05) is 58.8 Å². The van der Waals surface area contributed by atoms with E-state index in [1.54, 1.807) is 6.07 Å². The van der Waals surface area contributed by atoms with E-state index in [4.69, 9.17) is 0 Å². The van der Waals surface area contributed by atoms with Crippen LogP contribution in [-0.4, -0.2) is 69.5 Å². The number of piperidine rings is 1. The first-order chi connectivity index (χ1) is 19.4. The van der Waals surface area contributed by atoms with E-state index in [0.29, 0.717) is 42.4 Å². The van der Waals surface area contributed by atoms with Crippen molar-refractivity contribution in [2.75, 3.05) is 43.4 Å². The van der Waals surface area contributed by atoms with Gasteiger partial charge in [0.25, 0.3) is 5.91 Å². The molecule has 1 saturated carbocycles. The normalized spacial score (nSPS) is 17.4. The zero-order valence-electron chi connectivity index (χ0n) is 23.0. The molecule has 0 unspecified atom stereocenters. The Labute approximate surface area is 233 Å². The second kappa shape index (κ2) is 10.9. The van der Waals surface area contributed by atoms with Crippen molar-refractivity contribution in [2.45, 2.75) is 38.5 Å². The summed E-state index contributed by atoms with van der Waals surface area (Å²) < 4.78 is 16.6. The highest BCUT2D eigenvalue weighted by Crippen LogP contribution is 2.31. The fourth-order valence-electron chi connectivity index (χ4n) is 5.71. The topological polar surface area (TPSA) is 108 Å². The maximum absolute atomic E-state index is 14.8. The standard InChI is InChI=1S/C29H35FN8O2/c1-36(17-19-3-4-19)26(39)13-18-8-11-38(12-9-18)20-5-6-25(32-15-20)34-29-33-16-22(30)27(35-29)24-14-21-23(37(24)2)7-10-31-28(21)40/h5-6,14-16,18-19H,3-4,7-13,17H2,1-2H3,(H,31,40)(H,32,33,34,35). The molecule has 11 heteroatoms. The first-order valence-electron chi connectivity index (χ1n) is 14.1. The van der Waals surface area contributed by atoms with E-state index in [-0.39, 0.29) is 23.5 Å². The molecule has 2 aliphatic heterocycles. The quantitative estimate of drug-likeness (QED) is 0.445. The molecule has 10 nitrogen and oxygen atoms in total. The third-order valence-electron chi connectivity index (χ3n) is 8.32. The van der Waals surface area contributed by atoms with Crippen LogP contribution in [0.15, 0.2) is 30.6 Å². The Bertz CT molecular complexity index is 1410. The van der Waals surface area contributed by atoms with Crippen LogP contribution in [0, 0.1) is 17.7 Å². The van der Waals surface area contributed by atoms with Gasteiger partial charge >= 0.3 is 0 Å².